The maximum absolute atomic E-state index is 12.4. The van der Waals surface area contributed by atoms with E-state index in [-0.39, 0.29) is 11.0 Å². The Morgan fingerprint density at radius 1 is 0.957 bits per heavy atom. The highest BCUT2D eigenvalue weighted by atomic mass is 16.1. The minimum absolute atomic E-state index is 0.170. The Hall–Kier alpha value is -3.32. The van der Waals surface area contributed by atoms with Gasteiger partial charge in [0, 0.05) is 13.1 Å². The normalized spacial score (nSPS) is 11.0. The lowest BCUT2D eigenvalue weighted by molar-refractivity contribution is 0.980. The van der Waals surface area contributed by atoms with Crippen molar-refractivity contribution in [1.82, 2.24) is 8.97 Å². The number of benzene rings is 2. The van der Waals surface area contributed by atoms with Crippen LogP contribution in [-0.4, -0.2) is 8.97 Å². The smallest absolute Gasteiger partial charge is 0.202 e. The first-order chi connectivity index (χ1) is 11.2. The van der Waals surface area contributed by atoms with Gasteiger partial charge in [0.1, 0.15) is 17.3 Å². The lowest BCUT2D eigenvalue weighted by Crippen LogP contribution is -2.11. The number of pyridine rings is 1. The average molecular weight is 299 g/mol. The molecule has 4 rings (SSSR count). The fraction of sp³-hybridized carbons (Fsp3) is 0.0526. The van der Waals surface area contributed by atoms with E-state index in [2.05, 4.69) is 6.07 Å². The fourth-order valence-electron chi connectivity index (χ4n) is 3.14. The molecule has 2 heterocycles. The zero-order valence-electron chi connectivity index (χ0n) is 12.5. The summed E-state index contributed by atoms with van der Waals surface area (Å²) in [5, 5.41) is 9.45. The van der Waals surface area contributed by atoms with Gasteiger partial charge in [-0.15, -0.1) is 0 Å². The molecule has 0 unspecified atom stereocenters. The van der Waals surface area contributed by atoms with E-state index in [4.69, 9.17) is 0 Å². The predicted octanol–water partition coefficient (Wildman–Crippen LogP) is 3.33. The summed E-state index contributed by atoms with van der Waals surface area (Å²) in [6.45, 7) is 0. The zero-order chi connectivity index (χ0) is 16.0. The summed E-state index contributed by atoms with van der Waals surface area (Å²) in [6.07, 6.45) is 0. The van der Waals surface area contributed by atoms with Crippen molar-refractivity contribution in [3.05, 3.63) is 76.5 Å². The minimum atomic E-state index is -0.253. The molecule has 0 N–H and O–H groups in total. The molecular formula is C19H13N3O. The van der Waals surface area contributed by atoms with Crippen molar-refractivity contribution < 1.29 is 0 Å². The molecule has 0 spiro atoms. The third-order valence-corrected chi connectivity index (χ3v) is 4.17. The summed E-state index contributed by atoms with van der Waals surface area (Å²) in [6, 6.07) is 21.3. The van der Waals surface area contributed by atoms with Crippen LogP contribution >= 0.6 is 0 Å². The number of imidazole rings is 1. The highest BCUT2D eigenvalue weighted by molar-refractivity contribution is 5.86. The van der Waals surface area contributed by atoms with Crippen LogP contribution in [0, 0.1) is 11.3 Å². The number of nitriles is 1. The quantitative estimate of drug-likeness (QED) is 0.541. The van der Waals surface area contributed by atoms with Crippen molar-refractivity contribution in [3.63, 3.8) is 0 Å². The summed E-state index contributed by atoms with van der Waals surface area (Å²) >= 11 is 0. The van der Waals surface area contributed by atoms with Crippen LogP contribution in [0.5, 0.6) is 0 Å². The van der Waals surface area contributed by atoms with Crippen LogP contribution in [0.3, 0.4) is 0 Å². The lowest BCUT2D eigenvalue weighted by Gasteiger charge is -2.08. The van der Waals surface area contributed by atoms with Crippen molar-refractivity contribution in [2.45, 2.75) is 0 Å². The molecule has 0 fully saturated rings. The number of nitrogens with zero attached hydrogens (tertiary/aromatic N) is 3. The summed E-state index contributed by atoms with van der Waals surface area (Å²) < 4.78 is 3.90. The van der Waals surface area contributed by atoms with Gasteiger partial charge < -0.3 is 4.57 Å². The van der Waals surface area contributed by atoms with Crippen molar-refractivity contribution in [2.75, 3.05) is 0 Å². The van der Waals surface area contributed by atoms with Crippen LogP contribution in [0.25, 0.3) is 27.9 Å². The number of aryl methyl sites for hydroxylation is 1. The molecule has 0 aliphatic rings. The lowest BCUT2D eigenvalue weighted by atomic mass is 10.1. The molecule has 4 nitrogen and oxygen atoms in total. The van der Waals surface area contributed by atoms with Crippen molar-refractivity contribution in [2.24, 2.45) is 7.05 Å². The van der Waals surface area contributed by atoms with E-state index in [9.17, 15) is 10.1 Å². The third kappa shape index (κ3) is 1.80. The Bertz CT molecular complexity index is 1140. The Labute approximate surface area is 132 Å². The maximum Gasteiger partial charge on any atom is 0.202 e. The van der Waals surface area contributed by atoms with Gasteiger partial charge in [0.2, 0.25) is 5.43 Å². The van der Waals surface area contributed by atoms with Gasteiger partial charge >= 0.3 is 0 Å². The van der Waals surface area contributed by atoms with E-state index in [0.717, 1.165) is 22.3 Å². The van der Waals surface area contributed by atoms with Gasteiger partial charge in [-0.3, -0.25) is 9.20 Å². The molecule has 0 radical (unpaired) electrons. The summed E-state index contributed by atoms with van der Waals surface area (Å²) in [5.74, 6) is 0. The Morgan fingerprint density at radius 3 is 2.30 bits per heavy atom. The van der Waals surface area contributed by atoms with Gasteiger partial charge in [0.05, 0.1) is 16.7 Å². The van der Waals surface area contributed by atoms with Gasteiger partial charge in [-0.05, 0) is 17.7 Å². The first-order valence-corrected chi connectivity index (χ1v) is 7.31. The van der Waals surface area contributed by atoms with Crippen LogP contribution in [-0.2, 0) is 7.05 Å². The molecule has 0 aliphatic heterocycles. The number of para-hydroxylation sites is 2. The molecule has 4 aromatic rings. The monoisotopic (exact) mass is 299 g/mol. The van der Waals surface area contributed by atoms with E-state index in [1.165, 1.54) is 0 Å². The molecule has 0 saturated carbocycles. The highest BCUT2D eigenvalue weighted by Crippen LogP contribution is 2.27. The van der Waals surface area contributed by atoms with Crippen LogP contribution in [0.15, 0.2) is 65.5 Å². The number of hydrogen-bond donors (Lipinski definition) is 0. The molecule has 0 saturated heterocycles. The highest BCUT2D eigenvalue weighted by Gasteiger charge is 2.17. The topological polar surface area (TPSA) is 50.2 Å². The first kappa shape index (κ1) is 13.4. The Balaban J connectivity index is 2.32. The van der Waals surface area contributed by atoms with E-state index in [1.807, 2.05) is 70.6 Å². The number of aromatic nitrogens is 2. The second kappa shape index (κ2) is 4.85. The molecular weight excluding hydrogens is 286 g/mol. The van der Waals surface area contributed by atoms with E-state index in [1.54, 1.807) is 6.07 Å². The third-order valence-electron chi connectivity index (χ3n) is 4.17. The minimum Gasteiger partial charge on any atom is -0.328 e. The summed E-state index contributed by atoms with van der Waals surface area (Å²) in [7, 11) is 1.88. The molecule has 0 amide bonds. The predicted molar refractivity (Wildman–Crippen MR) is 90.3 cm³/mol. The van der Waals surface area contributed by atoms with Crippen LogP contribution < -0.4 is 5.43 Å². The molecule has 110 valence electrons. The maximum atomic E-state index is 12.4. The molecule has 4 heteroatoms. The van der Waals surface area contributed by atoms with Crippen LogP contribution in [0.4, 0.5) is 0 Å². The standard InChI is InChI=1S/C19H13N3O/c1-21-15-9-5-6-10-16(15)22-17(13-7-3-2-4-8-13)11-18(23)14(12-20)19(21)22/h2-11H,1H3. The molecule has 2 aromatic carbocycles. The first-order valence-electron chi connectivity index (χ1n) is 7.31. The van der Waals surface area contributed by atoms with Crippen LogP contribution in [0.2, 0.25) is 0 Å². The summed E-state index contributed by atoms with van der Waals surface area (Å²) in [5.41, 5.74) is 4.23. The van der Waals surface area contributed by atoms with E-state index < -0.39 is 0 Å². The Kier molecular flexibility index (Phi) is 2.82. The second-order valence-electron chi connectivity index (χ2n) is 5.45. The molecule has 2 aromatic heterocycles. The average Bonchev–Trinajstić information content (AvgIpc) is 2.89. The number of hydrogen-bond acceptors (Lipinski definition) is 2. The SMILES string of the molecule is Cn1c2ccccc2n2c(-c3ccccc3)cc(=O)c(C#N)c12. The van der Waals surface area contributed by atoms with E-state index >= 15 is 0 Å². The zero-order valence-corrected chi connectivity index (χ0v) is 12.5. The number of rotatable bonds is 1. The van der Waals surface area contributed by atoms with Crippen LogP contribution in [0.1, 0.15) is 5.56 Å². The van der Waals surface area contributed by atoms with Crippen molar-refractivity contribution in [1.29, 1.82) is 5.26 Å². The largest absolute Gasteiger partial charge is 0.328 e. The molecule has 0 bridgehead atoms. The fourth-order valence-corrected chi connectivity index (χ4v) is 3.14. The van der Waals surface area contributed by atoms with Crippen molar-refractivity contribution >= 4 is 16.7 Å². The molecule has 0 aliphatic carbocycles. The second-order valence-corrected chi connectivity index (χ2v) is 5.45. The van der Waals surface area contributed by atoms with Gasteiger partial charge in [-0.2, -0.15) is 5.26 Å². The molecule has 23 heavy (non-hydrogen) atoms. The van der Waals surface area contributed by atoms with Gasteiger partial charge in [-0.1, -0.05) is 42.5 Å². The Morgan fingerprint density at radius 2 is 1.61 bits per heavy atom. The van der Waals surface area contributed by atoms with Gasteiger partial charge in [-0.25, -0.2) is 0 Å². The van der Waals surface area contributed by atoms with Gasteiger partial charge in [0.25, 0.3) is 0 Å². The summed E-state index contributed by atoms with van der Waals surface area (Å²) in [4.78, 5) is 12.4. The van der Waals surface area contributed by atoms with E-state index in [0.29, 0.717) is 5.65 Å². The number of fused-ring (bicyclic) bond motifs is 3. The van der Waals surface area contributed by atoms with Crippen molar-refractivity contribution in [3.8, 4) is 17.3 Å². The van der Waals surface area contributed by atoms with Gasteiger partial charge in [0.15, 0.2) is 0 Å². The molecule has 0 atom stereocenters.